The van der Waals surface area contributed by atoms with Crippen molar-refractivity contribution in [1.82, 2.24) is 0 Å². The SMILES string of the molecule is CC(CCC(C)C(C)CCC(C)SCl)SCl. The molecule has 98 valence electrons. The minimum Gasteiger partial charge on any atom is -0.0623 e. The monoisotopic (exact) mass is 302 g/mol. The Bertz CT molecular complexity index is 149. The molecule has 0 aliphatic heterocycles. The molecular weight excluding hydrogens is 279 g/mol. The number of rotatable bonds is 9. The summed E-state index contributed by atoms with van der Waals surface area (Å²) in [5, 5.41) is 1.15. The predicted molar refractivity (Wildman–Crippen MR) is 82.6 cm³/mol. The molecule has 0 radical (unpaired) electrons. The summed E-state index contributed by atoms with van der Waals surface area (Å²) in [6.07, 6.45) is 5.01. The van der Waals surface area contributed by atoms with Gasteiger partial charge in [0.25, 0.3) is 0 Å². The molecule has 0 saturated heterocycles. The van der Waals surface area contributed by atoms with Gasteiger partial charge in [-0.05, 0) is 58.9 Å². The molecule has 0 aliphatic carbocycles. The predicted octanol–water partition coefficient (Wildman–Crippen LogP) is 6.37. The lowest BCUT2D eigenvalue weighted by Gasteiger charge is -2.21. The Balaban J connectivity index is 3.68. The average molecular weight is 303 g/mol. The van der Waals surface area contributed by atoms with Crippen molar-refractivity contribution < 1.29 is 0 Å². The van der Waals surface area contributed by atoms with E-state index in [2.05, 4.69) is 27.7 Å². The lowest BCUT2D eigenvalue weighted by atomic mass is 9.87. The third-order valence-electron chi connectivity index (χ3n) is 3.33. The van der Waals surface area contributed by atoms with E-state index < -0.39 is 0 Å². The second-order valence-corrected chi connectivity index (χ2v) is 7.94. The Kier molecular flexibility index (Phi) is 11.0. The summed E-state index contributed by atoms with van der Waals surface area (Å²) in [6, 6.07) is 0. The first kappa shape index (κ1) is 17.3. The molecular formula is C12H24Cl2S2. The third kappa shape index (κ3) is 8.38. The van der Waals surface area contributed by atoms with Crippen LogP contribution in [0, 0.1) is 11.8 Å². The van der Waals surface area contributed by atoms with Gasteiger partial charge in [0.05, 0.1) is 0 Å². The lowest BCUT2D eigenvalue weighted by molar-refractivity contribution is 0.331. The van der Waals surface area contributed by atoms with Gasteiger partial charge < -0.3 is 0 Å². The maximum atomic E-state index is 5.74. The van der Waals surface area contributed by atoms with Crippen LogP contribution in [0.15, 0.2) is 0 Å². The molecule has 0 aromatic heterocycles. The van der Waals surface area contributed by atoms with Gasteiger partial charge in [0.2, 0.25) is 0 Å². The van der Waals surface area contributed by atoms with Gasteiger partial charge in [0.1, 0.15) is 0 Å². The molecule has 0 N–H and O–H groups in total. The zero-order valence-corrected chi connectivity index (χ0v) is 13.9. The van der Waals surface area contributed by atoms with Crippen molar-refractivity contribution in [3.8, 4) is 0 Å². The molecule has 16 heavy (non-hydrogen) atoms. The van der Waals surface area contributed by atoms with Crippen LogP contribution in [-0.2, 0) is 0 Å². The Morgan fingerprint density at radius 3 is 1.25 bits per heavy atom. The standard InChI is InChI=1S/C12H24Cl2S2/c1-9(5-7-11(3)15-13)10(2)6-8-12(4)16-14/h9-12H,5-8H2,1-4H3. The van der Waals surface area contributed by atoms with Gasteiger partial charge in [-0.1, -0.05) is 49.6 Å². The lowest BCUT2D eigenvalue weighted by Crippen LogP contribution is -2.11. The highest BCUT2D eigenvalue weighted by atomic mass is 35.7. The van der Waals surface area contributed by atoms with Crippen LogP contribution >= 0.6 is 43.3 Å². The van der Waals surface area contributed by atoms with E-state index in [1.165, 1.54) is 47.6 Å². The first-order chi connectivity index (χ1) is 7.51. The van der Waals surface area contributed by atoms with E-state index in [4.69, 9.17) is 21.4 Å². The summed E-state index contributed by atoms with van der Waals surface area (Å²) in [4.78, 5) is 0. The molecule has 0 aromatic carbocycles. The van der Waals surface area contributed by atoms with Crippen molar-refractivity contribution in [2.75, 3.05) is 0 Å². The fraction of sp³-hybridized carbons (Fsp3) is 1.00. The number of halogens is 2. The molecule has 0 bridgehead atoms. The summed E-state index contributed by atoms with van der Waals surface area (Å²) >= 11 is 0. The normalized spacial score (nSPS) is 19.1. The smallest absolute Gasteiger partial charge is 0.0171 e. The van der Waals surface area contributed by atoms with Gasteiger partial charge in [-0.25, -0.2) is 0 Å². The van der Waals surface area contributed by atoms with Gasteiger partial charge >= 0.3 is 0 Å². The van der Waals surface area contributed by atoms with Crippen LogP contribution in [-0.4, -0.2) is 10.5 Å². The van der Waals surface area contributed by atoms with Crippen LogP contribution in [0.5, 0.6) is 0 Å². The summed E-state index contributed by atoms with van der Waals surface area (Å²) in [7, 11) is 14.4. The molecule has 0 heterocycles. The maximum absolute atomic E-state index is 5.74. The molecule has 4 atom stereocenters. The quantitative estimate of drug-likeness (QED) is 0.485. The van der Waals surface area contributed by atoms with Crippen molar-refractivity contribution in [2.45, 2.75) is 63.9 Å². The maximum Gasteiger partial charge on any atom is 0.0171 e. The van der Waals surface area contributed by atoms with E-state index in [0.29, 0.717) is 10.5 Å². The molecule has 0 aliphatic rings. The third-order valence-corrected chi connectivity index (χ3v) is 6.24. The topological polar surface area (TPSA) is 0 Å². The van der Waals surface area contributed by atoms with Crippen molar-refractivity contribution in [3.05, 3.63) is 0 Å². The van der Waals surface area contributed by atoms with E-state index in [0.717, 1.165) is 11.8 Å². The highest BCUT2D eigenvalue weighted by molar-refractivity contribution is 8.21. The van der Waals surface area contributed by atoms with Crippen LogP contribution < -0.4 is 0 Å². The van der Waals surface area contributed by atoms with Crippen molar-refractivity contribution in [2.24, 2.45) is 11.8 Å². The van der Waals surface area contributed by atoms with Gasteiger partial charge in [-0.15, -0.1) is 0 Å². The largest absolute Gasteiger partial charge is 0.0623 e. The zero-order chi connectivity index (χ0) is 12.6. The van der Waals surface area contributed by atoms with Crippen molar-refractivity contribution in [1.29, 1.82) is 0 Å². The molecule has 0 fully saturated rings. The highest BCUT2D eigenvalue weighted by Crippen LogP contribution is 2.28. The number of hydrogen-bond donors (Lipinski definition) is 0. The summed E-state index contributed by atoms with van der Waals surface area (Å²) in [6.45, 7) is 9.10. The molecule has 0 rings (SSSR count). The van der Waals surface area contributed by atoms with Crippen LogP contribution in [0.3, 0.4) is 0 Å². The molecule has 0 nitrogen and oxygen atoms in total. The van der Waals surface area contributed by atoms with Gasteiger partial charge in [-0.2, -0.15) is 0 Å². The molecule has 0 saturated carbocycles. The Morgan fingerprint density at radius 1 is 0.688 bits per heavy atom. The summed E-state index contributed by atoms with van der Waals surface area (Å²) in [5.74, 6) is 1.58. The molecule has 0 amide bonds. The molecule has 0 aromatic rings. The van der Waals surface area contributed by atoms with E-state index in [1.807, 2.05) is 0 Å². The van der Waals surface area contributed by atoms with E-state index in [9.17, 15) is 0 Å². The van der Waals surface area contributed by atoms with Crippen LogP contribution in [0.4, 0.5) is 0 Å². The Labute approximate surface area is 119 Å². The average Bonchev–Trinajstić information content (AvgIpc) is 2.31. The number of hydrogen-bond acceptors (Lipinski definition) is 2. The molecule has 4 unspecified atom stereocenters. The second-order valence-electron chi connectivity index (χ2n) is 4.91. The van der Waals surface area contributed by atoms with Gasteiger partial charge in [-0.3, -0.25) is 0 Å². The molecule has 0 spiro atoms. The fourth-order valence-corrected chi connectivity index (χ4v) is 2.64. The minimum atomic E-state index is 0.577. The summed E-state index contributed by atoms with van der Waals surface area (Å²) < 4.78 is 0. The van der Waals surface area contributed by atoms with Crippen molar-refractivity contribution in [3.63, 3.8) is 0 Å². The van der Waals surface area contributed by atoms with Gasteiger partial charge in [0.15, 0.2) is 0 Å². The zero-order valence-electron chi connectivity index (χ0n) is 10.7. The van der Waals surface area contributed by atoms with Crippen LogP contribution in [0.25, 0.3) is 0 Å². The van der Waals surface area contributed by atoms with Crippen LogP contribution in [0.1, 0.15) is 53.4 Å². The second kappa shape index (κ2) is 10.2. The van der Waals surface area contributed by atoms with E-state index in [1.54, 1.807) is 0 Å². The van der Waals surface area contributed by atoms with E-state index >= 15 is 0 Å². The minimum absolute atomic E-state index is 0.577. The van der Waals surface area contributed by atoms with Gasteiger partial charge in [0, 0.05) is 10.5 Å². The fourth-order valence-electron chi connectivity index (χ4n) is 1.65. The van der Waals surface area contributed by atoms with Crippen molar-refractivity contribution >= 4 is 43.3 Å². The molecule has 4 heteroatoms. The van der Waals surface area contributed by atoms with Crippen LogP contribution in [0.2, 0.25) is 0 Å². The first-order valence-electron chi connectivity index (χ1n) is 6.06. The highest BCUT2D eigenvalue weighted by Gasteiger charge is 2.14. The Hall–Kier alpha value is 1.28. The van der Waals surface area contributed by atoms with E-state index in [-0.39, 0.29) is 0 Å². The first-order valence-corrected chi connectivity index (χ1v) is 9.47. The summed E-state index contributed by atoms with van der Waals surface area (Å²) in [5.41, 5.74) is 0. The Morgan fingerprint density at radius 2 is 1.00 bits per heavy atom.